The van der Waals surface area contributed by atoms with Crippen LogP contribution in [0, 0.1) is 3.57 Å². The molecule has 0 amide bonds. The molecule has 0 spiro atoms. The van der Waals surface area contributed by atoms with Crippen LogP contribution >= 0.6 is 34.2 Å². The molecule has 0 fully saturated rings. The standard InChI is InChI=1S/C16H10ClIN2/c1-20-13-5-3-2-4-10(13)14(18)15-16(20)11-8-9(17)6-7-12(11)19-15/h2-8H,1H3/p+1. The number of pyridine rings is 1. The number of nitrogens with zero attached hydrogens (tertiary/aromatic N) is 1. The molecule has 0 bridgehead atoms. The van der Waals surface area contributed by atoms with Crippen LogP contribution in [0.15, 0.2) is 42.5 Å². The number of hydrogen-bond donors (Lipinski definition) is 1. The molecule has 2 aromatic carbocycles. The predicted octanol–water partition coefficient (Wildman–Crippen LogP) is 4.56. The predicted molar refractivity (Wildman–Crippen MR) is 92.2 cm³/mol. The van der Waals surface area contributed by atoms with E-state index in [4.69, 9.17) is 11.6 Å². The van der Waals surface area contributed by atoms with Crippen LogP contribution in [0.25, 0.3) is 32.8 Å². The lowest BCUT2D eigenvalue weighted by Gasteiger charge is -2.01. The molecule has 0 aliphatic carbocycles. The lowest BCUT2D eigenvalue weighted by molar-refractivity contribution is -0.616. The molecule has 4 aromatic rings. The molecule has 98 valence electrons. The van der Waals surface area contributed by atoms with E-state index >= 15 is 0 Å². The largest absolute Gasteiger partial charge is 0.348 e. The molecule has 1 N–H and O–H groups in total. The average molecular weight is 394 g/mol. The van der Waals surface area contributed by atoms with Crippen molar-refractivity contribution in [2.75, 3.05) is 0 Å². The minimum atomic E-state index is 0.765. The molecule has 0 saturated carbocycles. The highest BCUT2D eigenvalue weighted by Crippen LogP contribution is 2.31. The first-order valence-corrected chi connectivity index (χ1v) is 7.79. The fourth-order valence-electron chi connectivity index (χ4n) is 2.86. The van der Waals surface area contributed by atoms with Gasteiger partial charge in [-0.1, -0.05) is 23.7 Å². The van der Waals surface area contributed by atoms with Gasteiger partial charge in [0.2, 0.25) is 11.0 Å². The van der Waals surface area contributed by atoms with Crippen LogP contribution in [0.1, 0.15) is 0 Å². The van der Waals surface area contributed by atoms with Crippen LogP contribution in [0.3, 0.4) is 0 Å². The number of aryl methyl sites for hydroxylation is 1. The number of aromatic amines is 1. The first kappa shape index (κ1) is 12.4. The summed E-state index contributed by atoms with van der Waals surface area (Å²) in [6, 6.07) is 14.5. The molecule has 2 aromatic heterocycles. The van der Waals surface area contributed by atoms with E-state index in [0.29, 0.717) is 0 Å². The second-order valence-electron chi connectivity index (χ2n) is 4.93. The zero-order valence-corrected chi connectivity index (χ0v) is 13.7. The molecule has 2 heterocycles. The van der Waals surface area contributed by atoms with Gasteiger partial charge in [-0.15, -0.1) is 0 Å². The second kappa shape index (κ2) is 4.33. The Bertz CT molecular complexity index is 988. The summed E-state index contributed by atoms with van der Waals surface area (Å²) in [6.45, 7) is 0. The number of para-hydroxylation sites is 1. The van der Waals surface area contributed by atoms with Crippen molar-refractivity contribution < 1.29 is 4.57 Å². The van der Waals surface area contributed by atoms with Gasteiger partial charge in [0.05, 0.1) is 19.9 Å². The van der Waals surface area contributed by atoms with Gasteiger partial charge in [-0.05, 0) is 46.9 Å². The summed E-state index contributed by atoms with van der Waals surface area (Å²) < 4.78 is 3.49. The van der Waals surface area contributed by atoms with Crippen LogP contribution in [0.2, 0.25) is 5.02 Å². The maximum atomic E-state index is 6.16. The number of nitrogens with one attached hydrogen (secondary N) is 1. The van der Waals surface area contributed by atoms with Crippen molar-refractivity contribution in [3.63, 3.8) is 0 Å². The van der Waals surface area contributed by atoms with Crippen molar-refractivity contribution >= 4 is 67.0 Å². The Kier molecular flexibility index (Phi) is 2.69. The smallest absolute Gasteiger partial charge is 0.239 e. The summed E-state index contributed by atoms with van der Waals surface area (Å²) >= 11 is 8.58. The fraction of sp³-hybridized carbons (Fsp3) is 0.0625. The summed E-state index contributed by atoms with van der Waals surface area (Å²) in [7, 11) is 2.11. The lowest BCUT2D eigenvalue weighted by atomic mass is 10.1. The quantitative estimate of drug-likeness (QED) is 0.334. The number of aromatic nitrogens is 2. The zero-order chi connectivity index (χ0) is 13.9. The molecule has 0 radical (unpaired) electrons. The molecule has 2 nitrogen and oxygen atoms in total. The van der Waals surface area contributed by atoms with Gasteiger partial charge in [0.15, 0.2) is 0 Å². The summed E-state index contributed by atoms with van der Waals surface area (Å²) in [6.07, 6.45) is 0. The van der Waals surface area contributed by atoms with Gasteiger partial charge in [-0.3, -0.25) is 0 Å². The topological polar surface area (TPSA) is 19.7 Å². The van der Waals surface area contributed by atoms with Crippen LogP contribution in [-0.2, 0) is 7.05 Å². The number of benzene rings is 2. The van der Waals surface area contributed by atoms with E-state index in [9.17, 15) is 0 Å². The monoisotopic (exact) mass is 393 g/mol. The van der Waals surface area contributed by atoms with E-state index in [1.54, 1.807) is 0 Å². The molecule has 0 aliphatic rings. The van der Waals surface area contributed by atoms with Crippen LogP contribution < -0.4 is 4.57 Å². The highest BCUT2D eigenvalue weighted by Gasteiger charge is 2.20. The van der Waals surface area contributed by atoms with Gasteiger partial charge in [-0.2, -0.15) is 4.57 Å². The minimum absolute atomic E-state index is 0.765. The van der Waals surface area contributed by atoms with Crippen molar-refractivity contribution in [2.45, 2.75) is 0 Å². The number of halogens is 2. The average Bonchev–Trinajstić information content (AvgIpc) is 2.84. The third-order valence-electron chi connectivity index (χ3n) is 3.79. The van der Waals surface area contributed by atoms with Crippen molar-refractivity contribution in [2.24, 2.45) is 7.05 Å². The first-order chi connectivity index (χ1) is 9.66. The van der Waals surface area contributed by atoms with Gasteiger partial charge in [-0.25, -0.2) is 0 Å². The molecule has 4 rings (SSSR count). The van der Waals surface area contributed by atoms with E-state index in [2.05, 4.69) is 63.5 Å². The van der Waals surface area contributed by atoms with E-state index in [-0.39, 0.29) is 0 Å². The Hall–Kier alpha value is -1.33. The van der Waals surface area contributed by atoms with Gasteiger partial charge in [0, 0.05) is 11.1 Å². The Morgan fingerprint density at radius 3 is 2.75 bits per heavy atom. The molecule has 0 aliphatic heterocycles. The molecule has 0 unspecified atom stereocenters. The Balaban J connectivity index is 2.36. The maximum absolute atomic E-state index is 6.16. The molecule has 0 atom stereocenters. The third-order valence-corrected chi connectivity index (χ3v) is 5.15. The first-order valence-electron chi connectivity index (χ1n) is 6.34. The molecule has 20 heavy (non-hydrogen) atoms. The minimum Gasteiger partial charge on any atom is -0.348 e. The van der Waals surface area contributed by atoms with E-state index in [1.165, 1.54) is 30.9 Å². The van der Waals surface area contributed by atoms with Crippen LogP contribution in [0.5, 0.6) is 0 Å². The third kappa shape index (κ3) is 1.59. The second-order valence-corrected chi connectivity index (χ2v) is 6.44. The van der Waals surface area contributed by atoms with E-state index in [1.807, 2.05) is 18.2 Å². The van der Waals surface area contributed by atoms with E-state index in [0.717, 1.165) is 10.5 Å². The summed E-state index contributed by atoms with van der Waals surface area (Å²) in [4.78, 5) is 3.52. The zero-order valence-electron chi connectivity index (χ0n) is 10.7. The number of H-pyrrole nitrogens is 1. The van der Waals surface area contributed by atoms with Crippen molar-refractivity contribution in [3.8, 4) is 0 Å². The van der Waals surface area contributed by atoms with Crippen molar-refractivity contribution in [3.05, 3.63) is 51.1 Å². The number of fused-ring (bicyclic) bond motifs is 4. The van der Waals surface area contributed by atoms with Gasteiger partial charge in [0.25, 0.3) is 0 Å². The SMILES string of the molecule is C[n+]1c2ccccc2c(I)c2[nH]c3ccc(Cl)cc3c21. The van der Waals surface area contributed by atoms with Gasteiger partial charge in [0.1, 0.15) is 12.6 Å². The summed E-state index contributed by atoms with van der Waals surface area (Å²) in [5.41, 5.74) is 4.72. The van der Waals surface area contributed by atoms with Crippen molar-refractivity contribution in [1.82, 2.24) is 4.98 Å². The van der Waals surface area contributed by atoms with Crippen LogP contribution in [-0.4, -0.2) is 4.98 Å². The summed E-state index contributed by atoms with van der Waals surface area (Å²) in [5.74, 6) is 0. The Morgan fingerprint density at radius 2 is 1.90 bits per heavy atom. The Labute approximate surface area is 134 Å². The molecular weight excluding hydrogens is 383 g/mol. The number of rotatable bonds is 0. The van der Waals surface area contributed by atoms with Gasteiger partial charge >= 0.3 is 0 Å². The number of hydrogen-bond acceptors (Lipinski definition) is 0. The highest BCUT2D eigenvalue weighted by atomic mass is 127. The summed E-state index contributed by atoms with van der Waals surface area (Å²) in [5, 5.41) is 3.20. The fourth-order valence-corrected chi connectivity index (χ4v) is 3.88. The maximum Gasteiger partial charge on any atom is 0.239 e. The van der Waals surface area contributed by atoms with E-state index < -0.39 is 0 Å². The van der Waals surface area contributed by atoms with Gasteiger partial charge < -0.3 is 4.98 Å². The lowest BCUT2D eigenvalue weighted by Crippen LogP contribution is -2.30. The molecule has 0 saturated heterocycles. The highest BCUT2D eigenvalue weighted by molar-refractivity contribution is 14.1. The molecular formula is C16H11ClIN2+. The molecule has 4 heteroatoms. The van der Waals surface area contributed by atoms with Crippen LogP contribution in [0.4, 0.5) is 0 Å². The Morgan fingerprint density at radius 1 is 1.10 bits per heavy atom. The van der Waals surface area contributed by atoms with Crippen molar-refractivity contribution in [1.29, 1.82) is 0 Å². The normalized spacial score (nSPS) is 11.8.